The van der Waals surface area contributed by atoms with Gasteiger partial charge >= 0.3 is 0 Å². The smallest absolute Gasteiger partial charge is 0.253 e. The van der Waals surface area contributed by atoms with Gasteiger partial charge in [-0.2, -0.15) is 11.8 Å². The maximum absolute atomic E-state index is 11.8. The average Bonchev–Trinajstić information content (AvgIpc) is 2.31. The second kappa shape index (κ2) is 5.21. The maximum Gasteiger partial charge on any atom is 0.253 e. The van der Waals surface area contributed by atoms with Crippen molar-refractivity contribution in [3.8, 4) is 0 Å². The number of hydrogen-bond donors (Lipinski definition) is 2. The Balaban J connectivity index is 1.96. The quantitative estimate of drug-likeness (QED) is 0.808. The van der Waals surface area contributed by atoms with E-state index < -0.39 is 0 Å². The summed E-state index contributed by atoms with van der Waals surface area (Å²) in [5.74, 6) is 2.06. The highest BCUT2D eigenvalue weighted by atomic mass is 32.2. The van der Waals surface area contributed by atoms with E-state index in [0.717, 1.165) is 18.6 Å². The van der Waals surface area contributed by atoms with Gasteiger partial charge in [-0.25, -0.2) is 0 Å². The largest absolute Gasteiger partial charge is 0.348 e. The fraction of sp³-hybridized carbons (Fsp3) is 0.455. The highest BCUT2D eigenvalue weighted by Gasteiger charge is 2.16. The van der Waals surface area contributed by atoms with E-state index in [1.54, 1.807) is 6.07 Å². The van der Waals surface area contributed by atoms with E-state index >= 15 is 0 Å². The zero-order valence-electron chi connectivity index (χ0n) is 8.86. The van der Waals surface area contributed by atoms with Crippen molar-refractivity contribution in [3.63, 3.8) is 0 Å². The Hall–Kier alpha value is -1.23. The summed E-state index contributed by atoms with van der Waals surface area (Å²) in [7, 11) is 0. The molecule has 0 spiro atoms. The van der Waals surface area contributed by atoms with Crippen LogP contribution in [0.4, 0.5) is 0 Å². The molecule has 1 amide bonds. The lowest BCUT2D eigenvalue weighted by Gasteiger charge is -2.22. The molecule has 0 radical (unpaired) electrons. The Bertz CT molecular complexity index is 404. The molecule has 2 heterocycles. The molecule has 1 unspecified atom stereocenters. The van der Waals surface area contributed by atoms with Crippen LogP contribution in [0, 0.1) is 0 Å². The van der Waals surface area contributed by atoms with Gasteiger partial charge in [0, 0.05) is 24.1 Å². The van der Waals surface area contributed by atoms with Crippen LogP contribution >= 0.6 is 11.8 Å². The minimum absolute atomic E-state index is 0.108. The van der Waals surface area contributed by atoms with E-state index in [2.05, 4.69) is 10.3 Å². The van der Waals surface area contributed by atoms with Crippen LogP contribution in [0.25, 0.3) is 0 Å². The Kier molecular flexibility index (Phi) is 3.66. The second-order valence-electron chi connectivity index (χ2n) is 3.83. The molecule has 86 valence electrons. The van der Waals surface area contributed by atoms with Crippen LogP contribution < -0.4 is 10.9 Å². The predicted octanol–water partition coefficient (Wildman–Crippen LogP) is 1.00. The monoisotopic (exact) mass is 238 g/mol. The highest BCUT2D eigenvalue weighted by molar-refractivity contribution is 7.99. The first kappa shape index (κ1) is 11.3. The Morgan fingerprint density at radius 2 is 2.38 bits per heavy atom. The first-order valence-corrected chi connectivity index (χ1v) is 6.48. The number of pyridine rings is 1. The van der Waals surface area contributed by atoms with Gasteiger partial charge in [0.05, 0.1) is 5.56 Å². The lowest BCUT2D eigenvalue weighted by atomic mass is 10.1. The van der Waals surface area contributed by atoms with Crippen molar-refractivity contribution >= 4 is 17.7 Å². The summed E-state index contributed by atoms with van der Waals surface area (Å²) < 4.78 is 0. The maximum atomic E-state index is 11.8. The van der Waals surface area contributed by atoms with Gasteiger partial charge in [-0.3, -0.25) is 9.59 Å². The summed E-state index contributed by atoms with van der Waals surface area (Å²) in [5.41, 5.74) is 0.319. The third kappa shape index (κ3) is 2.88. The lowest BCUT2D eigenvalue weighted by molar-refractivity contribution is 0.0938. The number of nitrogens with one attached hydrogen (secondary N) is 2. The van der Waals surface area contributed by atoms with Gasteiger partial charge in [-0.1, -0.05) is 0 Å². The van der Waals surface area contributed by atoms with Crippen molar-refractivity contribution in [1.82, 2.24) is 10.3 Å². The summed E-state index contributed by atoms with van der Waals surface area (Å²) >= 11 is 1.87. The number of rotatable bonds is 2. The minimum Gasteiger partial charge on any atom is -0.348 e. The molecule has 1 aliphatic rings. The van der Waals surface area contributed by atoms with Gasteiger partial charge in [0.15, 0.2) is 0 Å². The van der Waals surface area contributed by atoms with Gasteiger partial charge in [0.25, 0.3) is 5.91 Å². The molecular weight excluding hydrogens is 224 g/mol. The van der Waals surface area contributed by atoms with Crippen molar-refractivity contribution in [3.05, 3.63) is 34.2 Å². The van der Waals surface area contributed by atoms with Crippen LogP contribution in [0.3, 0.4) is 0 Å². The van der Waals surface area contributed by atoms with Gasteiger partial charge < -0.3 is 10.3 Å². The standard InChI is InChI=1S/C11H14N2O2S/c14-10-4-3-8(6-12-10)11(15)13-9-2-1-5-16-7-9/h3-4,6,9H,1-2,5,7H2,(H,12,14)(H,13,15). The molecule has 2 rings (SSSR count). The Morgan fingerprint density at radius 1 is 1.50 bits per heavy atom. The molecule has 0 bridgehead atoms. The third-order valence-corrected chi connectivity index (χ3v) is 3.76. The van der Waals surface area contributed by atoms with Gasteiger partial charge in [0.1, 0.15) is 0 Å². The van der Waals surface area contributed by atoms with Crippen molar-refractivity contribution in [2.24, 2.45) is 0 Å². The Labute approximate surface area is 97.8 Å². The predicted molar refractivity (Wildman–Crippen MR) is 64.9 cm³/mol. The van der Waals surface area contributed by atoms with E-state index in [4.69, 9.17) is 0 Å². The molecule has 16 heavy (non-hydrogen) atoms. The molecule has 5 heteroatoms. The zero-order chi connectivity index (χ0) is 11.4. The third-order valence-electron chi connectivity index (χ3n) is 2.54. The van der Waals surface area contributed by atoms with Crippen LogP contribution in [-0.2, 0) is 0 Å². The summed E-state index contributed by atoms with van der Waals surface area (Å²) in [6, 6.07) is 3.17. The highest BCUT2D eigenvalue weighted by Crippen LogP contribution is 2.17. The number of aromatic amines is 1. The molecule has 0 aliphatic carbocycles. The van der Waals surface area contributed by atoms with E-state index in [1.165, 1.54) is 18.0 Å². The van der Waals surface area contributed by atoms with Crippen LogP contribution in [0.2, 0.25) is 0 Å². The molecular formula is C11H14N2O2S. The molecule has 0 aromatic carbocycles. The van der Waals surface area contributed by atoms with Crippen molar-refractivity contribution < 1.29 is 4.79 Å². The number of carbonyl (C=O) groups is 1. The van der Waals surface area contributed by atoms with E-state index in [-0.39, 0.29) is 17.5 Å². The number of carbonyl (C=O) groups excluding carboxylic acids is 1. The molecule has 0 saturated carbocycles. The van der Waals surface area contributed by atoms with Crippen molar-refractivity contribution in [1.29, 1.82) is 0 Å². The minimum atomic E-state index is -0.190. The second-order valence-corrected chi connectivity index (χ2v) is 4.98. The van der Waals surface area contributed by atoms with E-state index in [9.17, 15) is 9.59 Å². The van der Waals surface area contributed by atoms with Crippen LogP contribution in [0.15, 0.2) is 23.1 Å². The van der Waals surface area contributed by atoms with Gasteiger partial charge in [-0.05, 0) is 24.7 Å². The van der Waals surface area contributed by atoms with Gasteiger partial charge in [0.2, 0.25) is 5.56 Å². The first-order valence-electron chi connectivity index (χ1n) is 5.33. The topological polar surface area (TPSA) is 62.0 Å². The van der Waals surface area contributed by atoms with Crippen LogP contribution in [0.5, 0.6) is 0 Å². The van der Waals surface area contributed by atoms with Gasteiger partial charge in [-0.15, -0.1) is 0 Å². The number of aromatic nitrogens is 1. The van der Waals surface area contributed by atoms with Crippen molar-refractivity contribution in [2.45, 2.75) is 18.9 Å². The summed E-state index contributed by atoms with van der Waals surface area (Å²) in [5, 5.41) is 2.97. The lowest BCUT2D eigenvalue weighted by Crippen LogP contribution is -2.38. The summed E-state index contributed by atoms with van der Waals surface area (Å²) in [6.45, 7) is 0. The molecule has 1 aromatic heterocycles. The number of H-pyrrole nitrogens is 1. The fourth-order valence-corrected chi connectivity index (χ4v) is 2.75. The molecule has 2 N–H and O–H groups in total. The van der Waals surface area contributed by atoms with Crippen molar-refractivity contribution in [2.75, 3.05) is 11.5 Å². The van der Waals surface area contributed by atoms with E-state index in [0.29, 0.717) is 5.56 Å². The Morgan fingerprint density at radius 3 is 3.00 bits per heavy atom. The molecule has 1 aliphatic heterocycles. The molecule has 4 nitrogen and oxygen atoms in total. The molecule has 1 aromatic rings. The zero-order valence-corrected chi connectivity index (χ0v) is 9.68. The summed E-state index contributed by atoms with van der Waals surface area (Å²) in [4.78, 5) is 25.1. The molecule has 1 fully saturated rings. The van der Waals surface area contributed by atoms with Crippen LogP contribution in [0.1, 0.15) is 23.2 Å². The number of amides is 1. The van der Waals surface area contributed by atoms with Crippen LogP contribution in [-0.4, -0.2) is 28.4 Å². The normalized spacial score (nSPS) is 20.4. The average molecular weight is 238 g/mol. The summed E-state index contributed by atoms with van der Waals surface area (Å²) in [6.07, 6.45) is 3.65. The number of hydrogen-bond acceptors (Lipinski definition) is 3. The molecule has 1 atom stereocenters. The van der Waals surface area contributed by atoms with E-state index in [1.807, 2.05) is 11.8 Å². The SMILES string of the molecule is O=C(NC1CCCSC1)c1ccc(=O)[nH]c1. The molecule has 1 saturated heterocycles. The fourth-order valence-electron chi connectivity index (χ4n) is 1.68. The first-order chi connectivity index (χ1) is 7.75. The number of thioether (sulfide) groups is 1.